The molecule has 0 saturated carbocycles. The Labute approximate surface area is 360 Å². The second-order valence-corrected chi connectivity index (χ2v) is 13.2. The maximum Gasteiger partial charge on any atom is 0.339 e. The molecular weight excluding hydrogens is 817 g/mol. The minimum Gasteiger partial charge on any atom is -0.508 e. The summed E-state index contributed by atoms with van der Waals surface area (Å²) in [6, 6.07) is 24.9. The van der Waals surface area contributed by atoms with Crippen LogP contribution in [0.3, 0.4) is 0 Å². The summed E-state index contributed by atoms with van der Waals surface area (Å²) in [6.07, 6.45) is 0. The van der Waals surface area contributed by atoms with Gasteiger partial charge in [-0.15, -0.1) is 0 Å². The van der Waals surface area contributed by atoms with Gasteiger partial charge in [-0.05, 0) is 110 Å². The van der Waals surface area contributed by atoms with Gasteiger partial charge in [-0.1, -0.05) is 12.1 Å². The number of nitrogens with one attached hydrogen (secondary N) is 5. The molecule has 5 aromatic carbocycles. The van der Waals surface area contributed by atoms with Gasteiger partial charge in [0.2, 0.25) is 5.91 Å². The monoisotopic (exact) mass is 858 g/mol. The molecule has 0 bridgehead atoms. The van der Waals surface area contributed by atoms with Crippen molar-refractivity contribution in [2.24, 2.45) is 0 Å². The molecule has 0 atom stereocenters. The van der Waals surface area contributed by atoms with Crippen LogP contribution in [-0.4, -0.2) is 76.7 Å². The van der Waals surface area contributed by atoms with E-state index < -0.39 is 46.7 Å². The number of carbonyl (C=O) groups excluding carboxylic acids is 5. The van der Waals surface area contributed by atoms with Crippen LogP contribution < -0.4 is 36.1 Å². The van der Waals surface area contributed by atoms with Crippen LogP contribution in [0.15, 0.2) is 103 Å². The van der Waals surface area contributed by atoms with Crippen molar-refractivity contribution in [3.05, 3.63) is 130 Å². The van der Waals surface area contributed by atoms with Gasteiger partial charge in [0.15, 0.2) is 23.0 Å². The van der Waals surface area contributed by atoms with Gasteiger partial charge in [-0.3, -0.25) is 24.0 Å². The zero-order valence-electron chi connectivity index (χ0n) is 34.4. The van der Waals surface area contributed by atoms with E-state index in [4.69, 9.17) is 14.7 Å². The van der Waals surface area contributed by atoms with Gasteiger partial charge in [-0.25, -0.2) is 4.79 Å². The Morgan fingerprint density at radius 1 is 0.587 bits per heavy atom. The van der Waals surface area contributed by atoms with Crippen LogP contribution in [0.5, 0.6) is 28.7 Å². The van der Waals surface area contributed by atoms with Crippen LogP contribution in [0.2, 0.25) is 0 Å². The van der Waals surface area contributed by atoms with Crippen molar-refractivity contribution < 1.29 is 58.7 Å². The molecule has 0 heterocycles. The number of nitrogens with zero attached hydrogens (tertiary/aromatic N) is 1. The van der Waals surface area contributed by atoms with Crippen molar-refractivity contribution in [2.75, 3.05) is 42.0 Å². The Hall–Kier alpha value is -8.85. The van der Waals surface area contributed by atoms with Crippen LogP contribution >= 0.6 is 0 Å². The van der Waals surface area contributed by atoms with Gasteiger partial charge in [-0.2, -0.15) is 5.26 Å². The number of anilines is 4. The Balaban J connectivity index is 0.00000282. The van der Waals surface area contributed by atoms with Crippen molar-refractivity contribution in [1.29, 1.82) is 5.26 Å². The summed E-state index contributed by atoms with van der Waals surface area (Å²) in [6.45, 7) is 4.54. The van der Waals surface area contributed by atoms with Crippen LogP contribution in [-0.2, 0) is 9.59 Å². The van der Waals surface area contributed by atoms with E-state index in [-0.39, 0.29) is 57.8 Å². The number of rotatable bonds is 14. The third kappa shape index (κ3) is 11.9. The molecule has 63 heavy (non-hydrogen) atoms. The molecule has 0 unspecified atom stereocenters. The molecule has 5 aromatic rings. The molecule has 18 heteroatoms. The molecule has 0 aliphatic rings. The number of carbonyl (C=O) groups is 6. The molecular formula is C45H42N6O12. The van der Waals surface area contributed by atoms with E-state index in [0.717, 1.165) is 17.2 Å². The Morgan fingerprint density at radius 3 is 1.54 bits per heavy atom. The molecule has 5 rings (SSSR count). The lowest BCUT2D eigenvalue weighted by Gasteiger charge is -2.16. The highest BCUT2D eigenvalue weighted by Gasteiger charge is 2.24. The first kappa shape index (κ1) is 46.8. The van der Waals surface area contributed by atoms with Gasteiger partial charge in [0.05, 0.1) is 43.8 Å². The number of phenols is 3. The lowest BCUT2D eigenvalue weighted by Crippen LogP contribution is -2.32. The lowest BCUT2D eigenvalue weighted by atomic mass is 10.0. The molecule has 0 aromatic heterocycles. The average molecular weight is 859 g/mol. The number of hydrogen-bond acceptors (Lipinski definition) is 12. The molecule has 5 amide bonds. The second-order valence-electron chi connectivity index (χ2n) is 13.2. The number of carboxylic acid groups (broad SMARTS) is 1. The number of methoxy groups -OCH3 is 2. The second kappa shape index (κ2) is 21.4. The summed E-state index contributed by atoms with van der Waals surface area (Å²) in [5.74, 6) is -6.13. The molecule has 0 fully saturated rings. The number of hydrogen-bond donors (Lipinski definition) is 9. The van der Waals surface area contributed by atoms with Crippen molar-refractivity contribution in [3.63, 3.8) is 0 Å². The number of aromatic carboxylic acids is 1. The fourth-order valence-electron chi connectivity index (χ4n) is 5.69. The summed E-state index contributed by atoms with van der Waals surface area (Å²) in [4.78, 5) is 75.7. The smallest absolute Gasteiger partial charge is 0.339 e. The zero-order valence-corrected chi connectivity index (χ0v) is 34.4. The van der Waals surface area contributed by atoms with E-state index in [1.807, 2.05) is 0 Å². The van der Waals surface area contributed by atoms with E-state index in [1.165, 1.54) is 87.9 Å². The summed E-state index contributed by atoms with van der Waals surface area (Å²) in [5.41, 5.74) is 2.34. The number of allylic oxidation sites excluding steroid dienone is 1. The number of ether oxygens (including phenoxy) is 2. The standard InChI is InChI=1S/C43H39N5O12.C2H3N/c1-22(24-9-15-29(49)16-10-24)23(2)39(53)46-28-13-5-25(6-14-28)40(54)44-21-34(50)45-27-11-7-26(8-12-27)41(55)47-32-19-17-30(35(51)37(32)59-3)42(56)48-33-20-18-31(43(57)58)36(52)38(33)60-4;1-2-3/h5-20,49,51-52H,21H2,1-4H3,(H,44,54)(H,45,50)(H,46,53)(H,47,55)(H,48,56)(H,57,58);1H3/b23-22+;. The normalized spacial score (nSPS) is 10.6. The van der Waals surface area contributed by atoms with Crippen LogP contribution in [0, 0.1) is 11.3 Å². The fourth-order valence-corrected chi connectivity index (χ4v) is 5.69. The topological polar surface area (TPSA) is 286 Å². The third-order valence-corrected chi connectivity index (χ3v) is 9.09. The highest BCUT2D eigenvalue weighted by atomic mass is 16.5. The molecule has 0 aliphatic carbocycles. The highest BCUT2D eigenvalue weighted by molar-refractivity contribution is 6.11. The van der Waals surface area contributed by atoms with Crippen molar-refractivity contribution in [1.82, 2.24) is 5.32 Å². The van der Waals surface area contributed by atoms with Crippen molar-refractivity contribution >= 4 is 63.8 Å². The minimum absolute atomic E-state index is 0.00871. The maximum absolute atomic E-state index is 13.1. The third-order valence-electron chi connectivity index (χ3n) is 9.09. The van der Waals surface area contributed by atoms with E-state index in [2.05, 4.69) is 26.6 Å². The van der Waals surface area contributed by atoms with Crippen LogP contribution in [0.25, 0.3) is 5.57 Å². The van der Waals surface area contributed by atoms with E-state index >= 15 is 0 Å². The number of carboxylic acids is 1. The summed E-state index contributed by atoms with van der Waals surface area (Å²) in [5, 5.41) is 60.2. The highest BCUT2D eigenvalue weighted by Crippen LogP contribution is 2.40. The Bertz CT molecular complexity index is 2620. The Kier molecular flexibility index (Phi) is 15.9. The van der Waals surface area contributed by atoms with Gasteiger partial charge < -0.3 is 56.5 Å². The summed E-state index contributed by atoms with van der Waals surface area (Å²) < 4.78 is 10.3. The average Bonchev–Trinajstić information content (AvgIpc) is 3.26. The fraction of sp³-hybridized carbons (Fsp3) is 0.133. The summed E-state index contributed by atoms with van der Waals surface area (Å²) >= 11 is 0. The Morgan fingerprint density at radius 2 is 1.03 bits per heavy atom. The first-order valence-corrected chi connectivity index (χ1v) is 18.6. The molecule has 0 spiro atoms. The number of aromatic hydroxyl groups is 3. The lowest BCUT2D eigenvalue weighted by molar-refractivity contribution is -0.115. The predicted octanol–water partition coefficient (Wildman–Crippen LogP) is 6.35. The summed E-state index contributed by atoms with van der Waals surface area (Å²) in [7, 11) is 2.37. The van der Waals surface area contributed by atoms with Crippen LogP contribution in [0.1, 0.15) is 67.8 Å². The predicted molar refractivity (Wildman–Crippen MR) is 232 cm³/mol. The quantitative estimate of drug-likeness (QED) is 0.0551. The number of nitriles is 1. The minimum atomic E-state index is -1.42. The van der Waals surface area contributed by atoms with Gasteiger partial charge in [0.25, 0.3) is 23.6 Å². The number of phenolic OH excluding ortho intramolecular Hbond substituents is 2. The van der Waals surface area contributed by atoms with Crippen molar-refractivity contribution in [3.8, 4) is 34.8 Å². The SMILES string of the molecule is CC#N.COc1c(NC(=O)c2ccc(NC(=O)c3ccc(NC(=O)CNC(=O)c4ccc(NC(=O)/C(C)=C(\C)c5ccc(O)cc5)cc4)cc3)c(OC)c2O)ccc(C(=O)O)c1O. The molecule has 324 valence electrons. The zero-order chi connectivity index (χ0) is 46.4. The van der Waals surface area contributed by atoms with Crippen molar-refractivity contribution in [2.45, 2.75) is 20.8 Å². The number of benzene rings is 5. The first-order chi connectivity index (χ1) is 30.0. The molecule has 0 radical (unpaired) electrons. The van der Waals surface area contributed by atoms with Crippen LogP contribution in [0.4, 0.5) is 22.7 Å². The maximum atomic E-state index is 13.1. The van der Waals surface area contributed by atoms with E-state index in [1.54, 1.807) is 44.2 Å². The molecule has 0 saturated heterocycles. The number of amides is 5. The van der Waals surface area contributed by atoms with E-state index in [0.29, 0.717) is 16.9 Å². The molecule has 0 aliphatic heterocycles. The first-order valence-electron chi connectivity index (χ1n) is 18.6. The molecule has 18 nitrogen and oxygen atoms in total. The molecule has 9 N–H and O–H groups in total. The largest absolute Gasteiger partial charge is 0.508 e. The van der Waals surface area contributed by atoms with Gasteiger partial charge in [0.1, 0.15) is 11.3 Å². The van der Waals surface area contributed by atoms with E-state index in [9.17, 15) is 49.2 Å². The van der Waals surface area contributed by atoms with Gasteiger partial charge in [0, 0.05) is 35.0 Å². The van der Waals surface area contributed by atoms with Gasteiger partial charge >= 0.3 is 5.97 Å².